The predicted molar refractivity (Wildman–Crippen MR) is 103 cm³/mol. The van der Waals surface area contributed by atoms with Gasteiger partial charge in [0.05, 0.1) is 23.0 Å². The zero-order valence-electron chi connectivity index (χ0n) is 15.1. The van der Waals surface area contributed by atoms with E-state index in [1.54, 1.807) is 0 Å². The van der Waals surface area contributed by atoms with Gasteiger partial charge in [0, 0.05) is 18.2 Å². The lowest BCUT2D eigenvalue weighted by Crippen LogP contribution is -2.50. The van der Waals surface area contributed by atoms with Gasteiger partial charge in [-0.2, -0.15) is 5.26 Å². The molecule has 0 N–H and O–H groups in total. The van der Waals surface area contributed by atoms with Gasteiger partial charge in [-0.05, 0) is 54.3 Å². The number of benzene rings is 2. The summed E-state index contributed by atoms with van der Waals surface area (Å²) in [4.78, 5) is 4.72. The normalized spacial score (nSPS) is 19.9. The molecule has 0 spiro atoms. The molecule has 4 rings (SSSR count). The van der Waals surface area contributed by atoms with Crippen molar-refractivity contribution in [2.24, 2.45) is 0 Å². The summed E-state index contributed by atoms with van der Waals surface area (Å²) >= 11 is 0. The second kappa shape index (κ2) is 5.39. The molecule has 0 fully saturated rings. The Morgan fingerprint density at radius 3 is 2.40 bits per heavy atom. The van der Waals surface area contributed by atoms with Crippen LogP contribution in [-0.4, -0.2) is 13.2 Å². The number of hydrogen-bond acceptors (Lipinski definition) is 3. The average molecular weight is 329 g/mol. The van der Waals surface area contributed by atoms with Crippen molar-refractivity contribution < 1.29 is 0 Å². The average Bonchev–Trinajstić information content (AvgIpc) is 2.96. The number of fused-ring (bicyclic) bond motifs is 5. The zero-order chi connectivity index (χ0) is 17.8. The van der Waals surface area contributed by atoms with Crippen molar-refractivity contribution in [3.63, 3.8) is 0 Å². The minimum atomic E-state index is -0.0976. The van der Waals surface area contributed by atoms with Crippen LogP contribution in [0.2, 0.25) is 0 Å². The molecule has 0 saturated heterocycles. The Morgan fingerprint density at radius 1 is 1.08 bits per heavy atom. The summed E-state index contributed by atoms with van der Waals surface area (Å²) in [6.45, 7) is 9.04. The Morgan fingerprint density at radius 2 is 1.76 bits per heavy atom. The molecule has 0 saturated carbocycles. The fourth-order valence-electron chi connectivity index (χ4n) is 4.76. The maximum Gasteiger partial charge on any atom is 0.129 e. The monoisotopic (exact) mass is 329 g/mol. The summed E-state index contributed by atoms with van der Waals surface area (Å²) in [6, 6.07) is 16.9. The third-order valence-electron chi connectivity index (χ3n) is 6.17. The highest BCUT2D eigenvalue weighted by Crippen LogP contribution is 2.57. The number of hydrogen-bond donors (Lipinski definition) is 0. The van der Waals surface area contributed by atoms with Crippen molar-refractivity contribution in [2.75, 3.05) is 16.8 Å². The first-order valence-corrected chi connectivity index (χ1v) is 8.94. The Balaban J connectivity index is 2.05. The maximum absolute atomic E-state index is 9.41. The standard InChI is InChI=1S/C22H23N3/c1-5-22(6-2)15(3)21-24(4)19-9-7-8-10-20(19)25(21)18-12-11-16(14-23)13-17(18)22/h7-13,21H,3,5-6H2,1-2,4H3. The first kappa shape index (κ1) is 15.8. The van der Waals surface area contributed by atoms with Gasteiger partial charge in [-0.15, -0.1) is 0 Å². The van der Waals surface area contributed by atoms with Crippen LogP contribution in [-0.2, 0) is 5.41 Å². The second-order valence-corrected chi connectivity index (χ2v) is 7.00. The largest absolute Gasteiger partial charge is 0.349 e. The van der Waals surface area contributed by atoms with Gasteiger partial charge < -0.3 is 9.80 Å². The topological polar surface area (TPSA) is 30.3 Å². The van der Waals surface area contributed by atoms with Crippen LogP contribution < -0.4 is 9.80 Å². The molecule has 0 bridgehead atoms. The molecule has 0 radical (unpaired) electrons. The quantitative estimate of drug-likeness (QED) is 0.718. The SMILES string of the molecule is C=C1C2N(C)c3ccccc3N2c2ccc(C#N)cc2C1(CC)CC. The van der Waals surface area contributed by atoms with Crippen LogP contribution in [0.4, 0.5) is 17.1 Å². The minimum Gasteiger partial charge on any atom is -0.349 e. The van der Waals surface area contributed by atoms with Gasteiger partial charge in [-0.25, -0.2) is 0 Å². The number of rotatable bonds is 2. The summed E-state index contributed by atoms with van der Waals surface area (Å²) in [5, 5.41) is 9.41. The molecule has 2 heterocycles. The Kier molecular flexibility index (Phi) is 3.40. The smallest absolute Gasteiger partial charge is 0.129 e. The van der Waals surface area contributed by atoms with Gasteiger partial charge in [0.1, 0.15) is 6.17 Å². The fraction of sp³-hybridized carbons (Fsp3) is 0.318. The van der Waals surface area contributed by atoms with Gasteiger partial charge in [-0.3, -0.25) is 0 Å². The first-order valence-electron chi connectivity index (χ1n) is 8.94. The van der Waals surface area contributed by atoms with E-state index in [4.69, 9.17) is 0 Å². The summed E-state index contributed by atoms with van der Waals surface area (Å²) in [5.74, 6) is 0. The molecule has 2 aliphatic heterocycles. The predicted octanol–water partition coefficient (Wildman–Crippen LogP) is 5.10. The minimum absolute atomic E-state index is 0.0976. The van der Waals surface area contributed by atoms with Crippen molar-refractivity contribution in [3.8, 4) is 6.07 Å². The molecule has 2 aliphatic rings. The van der Waals surface area contributed by atoms with E-state index < -0.39 is 0 Å². The van der Waals surface area contributed by atoms with E-state index in [0.717, 1.165) is 18.4 Å². The van der Waals surface area contributed by atoms with E-state index in [0.29, 0.717) is 0 Å². The molecule has 0 aliphatic carbocycles. The third-order valence-corrected chi connectivity index (χ3v) is 6.17. The fourth-order valence-corrected chi connectivity index (χ4v) is 4.76. The molecule has 1 unspecified atom stereocenters. The molecule has 3 nitrogen and oxygen atoms in total. The van der Waals surface area contributed by atoms with Crippen LogP contribution in [0, 0.1) is 11.3 Å². The summed E-state index contributed by atoms with van der Waals surface area (Å²) in [6.07, 6.45) is 2.09. The Bertz CT molecular complexity index is 902. The molecule has 2 aromatic carbocycles. The maximum atomic E-state index is 9.41. The van der Waals surface area contributed by atoms with Gasteiger partial charge >= 0.3 is 0 Å². The lowest BCUT2D eigenvalue weighted by molar-refractivity contribution is 0.423. The lowest BCUT2D eigenvalue weighted by Gasteiger charge is -2.49. The van der Waals surface area contributed by atoms with Crippen molar-refractivity contribution in [2.45, 2.75) is 38.3 Å². The highest BCUT2D eigenvalue weighted by Gasteiger charge is 2.49. The Hall–Kier alpha value is -2.73. The van der Waals surface area contributed by atoms with Gasteiger partial charge in [-0.1, -0.05) is 32.6 Å². The summed E-state index contributed by atoms with van der Waals surface area (Å²) in [5.41, 5.74) is 6.73. The van der Waals surface area contributed by atoms with Crippen LogP contribution in [0.5, 0.6) is 0 Å². The van der Waals surface area contributed by atoms with Crippen molar-refractivity contribution >= 4 is 17.1 Å². The van der Waals surface area contributed by atoms with Crippen LogP contribution in [0.25, 0.3) is 0 Å². The lowest BCUT2D eigenvalue weighted by atomic mass is 9.66. The molecule has 3 heteroatoms. The molecule has 126 valence electrons. The Labute approximate surface area is 149 Å². The van der Waals surface area contributed by atoms with E-state index in [1.807, 2.05) is 6.07 Å². The molecular weight excluding hydrogens is 306 g/mol. The van der Waals surface area contributed by atoms with Gasteiger partial charge in [0.15, 0.2) is 0 Å². The molecule has 2 aromatic rings. The number of nitriles is 1. The van der Waals surface area contributed by atoms with E-state index >= 15 is 0 Å². The second-order valence-electron chi connectivity index (χ2n) is 7.00. The number of likely N-dealkylation sites (N-methyl/N-ethyl adjacent to an activating group) is 1. The highest BCUT2D eigenvalue weighted by atomic mass is 15.4. The first-order chi connectivity index (χ1) is 12.1. The van der Waals surface area contributed by atoms with Gasteiger partial charge in [0.2, 0.25) is 0 Å². The van der Waals surface area contributed by atoms with Crippen LogP contribution in [0.1, 0.15) is 37.8 Å². The van der Waals surface area contributed by atoms with E-state index in [-0.39, 0.29) is 11.6 Å². The number of para-hydroxylation sites is 2. The van der Waals surface area contributed by atoms with E-state index in [2.05, 4.69) is 79.7 Å². The molecule has 0 amide bonds. The van der Waals surface area contributed by atoms with E-state index in [1.165, 1.54) is 28.2 Å². The van der Waals surface area contributed by atoms with Crippen molar-refractivity contribution in [3.05, 3.63) is 65.7 Å². The zero-order valence-corrected chi connectivity index (χ0v) is 15.1. The van der Waals surface area contributed by atoms with Crippen LogP contribution in [0.15, 0.2) is 54.6 Å². The van der Waals surface area contributed by atoms with Crippen LogP contribution in [0.3, 0.4) is 0 Å². The van der Waals surface area contributed by atoms with E-state index in [9.17, 15) is 5.26 Å². The highest BCUT2D eigenvalue weighted by molar-refractivity contribution is 5.88. The summed E-state index contributed by atoms with van der Waals surface area (Å²) in [7, 11) is 2.15. The third kappa shape index (κ3) is 1.85. The van der Waals surface area contributed by atoms with Crippen molar-refractivity contribution in [1.82, 2.24) is 0 Å². The summed E-state index contributed by atoms with van der Waals surface area (Å²) < 4.78 is 0. The van der Waals surface area contributed by atoms with Crippen molar-refractivity contribution in [1.29, 1.82) is 5.26 Å². The number of nitrogens with zero attached hydrogens (tertiary/aromatic N) is 3. The molecular formula is C22H23N3. The molecule has 25 heavy (non-hydrogen) atoms. The molecule has 0 aromatic heterocycles. The van der Waals surface area contributed by atoms with Crippen LogP contribution >= 0.6 is 0 Å². The molecule has 1 atom stereocenters. The number of anilines is 3. The van der Waals surface area contributed by atoms with Gasteiger partial charge in [0.25, 0.3) is 0 Å².